The van der Waals surface area contributed by atoms with Crippen LogP contribution in [0.3, 0.4) is 0 Å². The lowest BCUT2D eigenvalue weighted by atomic mass is 10.1. The van der Waals surface area contributed by atoms with Crippen molar-refractivity contribution in [2.75, 3.05) is 0 Å². The zero-order chi connectivity index (χ0) is 13.7. The average Bonchev–Trinajstić information content (AvgIpc) is 2.46. The number of carbonyl (C=O) groups is 1. The zero-order valence-corrected chi connectivity index (χ0v) is 9.89. The van der Waals surface area contributed by atoms with Crippen LogP contribution in [0.2, 0.25) is 0 Å². The van der Waals surface area contributed by atoms with Crippen molar-refractivity contribution in [2.45, 2.75) is 0 Å². The highest BCUT2D eigenvalue weighted by atomic mass is 16.6. The molecule has 1 heterocycles. The second kappa shape index (κ2) is 5.68. The Kier molecular flexibility index (Phi) is 3.78. The lowest BCUT2D eigenvalue weighted by Crippen LogP contribution is -1.93. The van der Waals surface area contributed by atoms with E-state index in [1.165, 1.54) is 30.6 Å². The Bertz CT molecular complexity index is 636. The van der Waals surface area contributed by atoms with Gasteiger partial charge in [0, 0.05) is 30.1 Å². The summed E-state index contributed by atoms with van der Waals surface area (Å²) in [7, 11) is 0. The largest absolute Gasteiger partial charge is 0.289 e. The number of nitro groups is 1. The van der Waals surface area contributed by atoms with Gasteiger partial charge in [0.1, 0.15) is 0 Å². The van der Waals surface area contributed by atoms with Gasteiger partial charge in [0.25, 0.3) is 5.69 Å². The number of nitro benzene ring substituents is 1. The number of rotatable bonds is 4. The molecule has 2 aromatic rings. The van der Waals surface area contributed by atoms with Gasteiger partial charge >= 0.3 is 0 Å². The third kappa shape index (κ3) is 3.32. The summed E-state index contributed by atoms with van der Waals surface area (Å²) < 4.78 is 0. The van der Waals surface area contributed by atoms with Gasteiger partial charge in [-0.05, 0) is 23.8 Å². The Balaban J connectivity index is 2.17. The van der Waals surface area contributed by atoms with E-state index in [1.54, 1.807) is 30.3 Å². The Morgan fingerprint density at radius 1 is 1.21 bits per heavy atom. The second-order valence-corrected chi connectivity index (χ2v) is 3.79. The topological polar surface area (TPSA) is 73.1 Å². The molecular formula is C14H10N2O3. The Labute approximate surface area is 109 Å². The molecule has 0 bridgehead atoms. The molecule has 0 aliphatic rings. The van der Waals surface area contributed by atoms with Gasteiger partial charge in [-0.2, -0.15) is 0 Å². The van der Waals surface area contributed by atoms with E-state index >= 15 is 0 Å². The van der Waals surface area contributed by atoms with Gasteiger partial charge < -0.3 is 0 Å². The molecule has 0 aliphatic carbocycles. The van der Waals surface area contributed by atoms with Crippen molar-refractivity contribution in [3.63, 3.8) is 0 Å². The zero-order valence-electron chi connectivity index (χ0n) is 9.89. The highest BCUT2D eigenvalue weighted by Crippen LogP contribution is 2.14. The fraction of sp³-hybridized carbons (Fsp3) is 0. The van der Waals surface area contributed by atoms with Crippen molar-refractivity contribution in [3.8, 4) is 0 Å². The van der Waals surface area contributed by atoms with Crippen LogP contribution in [0.1, 0.15) is 15.9 Å². The molecule has 1 aromatic carbocycles. The number of hydrogen-bond donors (Lipinski definition) is 0. The highest BCUT2D eigenvalue weighted by Gasteiger charge is 2.04. The van der Waals surface area contributed by atoms with Crippen LogP contribution in [0.4, 0.5) is 5.69 Å². The third-order valence-corrected chi connectivity index (χ3v) is 2.47. The summed E-state index contributed by atoms with van der Waals surface area (Å²) in [6.45, 7) is 0. The maximum atomic E-state index is 11.8. The number of aromatic nitrogens is 1. The Morgan fingerprint density at radius 3 is 2.63 bits per heavy atom. The van der Waals surface area contributed by atoms with Crippen molar-refractivity contribution >= 4 is 17.5 Å². The molecule has 5 nitrogen and oxygen atoms in total. The number of carbonyl (C=O) groups excluding carboxylic acids is 1. The fourth-order valence-electron chi connectivity index (χ4n) is 1.53. The Hall–Kier alpha value is -2.82. The third-order valence-electron chi connectivity index (χ3n) is 2.47. The summed E-state index contributed by atoms with van der Waals surface area (Å²) in [6.07, 6.45) is 6.01. The molecule has 2 rings (SSSR count). The number of allylic oxidation sites excluding steroid dienone is 1. The van der Waals surface area contributed by atoms with Crippen LogP contribution in [0.15, 0.2) is 54.9 Å². The summed E-state index contributed by atoms with van der Waals surface area (Å²) >= 11 is 0. The second-order valence-electron chi connectivity index (χ2n) is 3.79. The van der Waals surface area contributed by atoms with Gasteiger partial charge in [-0.15, -0.1) is 0 Å². The summed E-state index contributed by atoms with van der Waals surface area (Å²) in [5.41, 5.74) is 1.13. The van der Waals surface area contributed by atoms with Crippen molar-refractivity contribution in [2.24, 2.45) is 0 Å². The molecule has 0 atom stereocenters. The number of ketones is 1. The molecule has 5 heteroatoms. The van der Waals surface area contributed by atoms with E-state index in [9.17, 15) is 14.9 Å². The predicted octanol–water partition coefficient (Wildman–Crippen LogP) is 2.89. The monoisotopic (exact) mass is 254 g/mol. The minimum absolute atomic E-state index is 0.00138. The van der Waals surface area contributed by atoms with E-state index in [1.807, 2.05) is 0 Å². The smallest absolute Gasteiger partial charge is 0.270 e. The average molecular weight is 254 g/mol. The molecular weight excluding hydrogens is 244 g/mol. The van der Waals surface area contributed by atoms with E-state index in [0.717, 1.165) is 0 Å². The van der Waals surface area contributed by atoms with Crippen LogP contribution in [-0.2, 0) is 0 Å². The molecule has 0 amide bonds. The van der Waals surface area contributed by atoms with Crippen LogP contribution in [-0.4, -0.2) is 15.7 Å². The van der Waals surface area contributed by atoms with Crippen LogP contribution in [0.5, 0.6) is 0 Å². The first kappa shape index (κ1) is 12.6. The SMILES string of the molecule is O=C(/C=C\c1cccc([N+](=O)[O-])c1)c1ccncc1. The molecule has 0 radical (unpaired) electrons. The molecule has 1 aromatic heterocycles. The number of pyridine rings is 1. The molecule has 0 unspecified atom stereocenters. The van der Waals surface area contributed by atoms with Gasteiger partial charge in [-0.25, -0.2) is 0 Å². The van der Waals surface area contributed by atoms with E-state index in [0.29, 0.717) is 11.1 Å². The maximum Gasteiger partial charge on any atom is 0.270 e. The van der Waals surface area contributed by atoms with Crippen LogP contribution in [0.25, 0.3) is 6.08 Å². The minimum atomic E-state index is -0.470. The molecule has 19 heavy (non-hydrogen) atoms. The van der Waals surface area contributed by atoms with E-state index in [-0.39, 0.29) is 11.5 Å². The quantitative estimate of drug-likeness (QED) is 0.364. The first-order chi connectivity index (χ1) is 9.16. The fourth-order valence-corrected chi connectivity index (χ4v) is 1.53. The summed E-state index contributed by atoms with van der Waals surface area (Å²) in [4.78, 5) is 25.8. The summed E-state index contributed by atoms with van der Waals surface area (Å²) in [5.74, 6) is -0.172. The number of non-ortho nitro benzene ring substituents is 1. The van der Waals surface area contributed by atoms with E-state index in [2.05, 4.69) is 4.98 Å². The predicted molar refractivity (Wildman–Crippen MR) is 70.7 cm³/mol. The van der Waals surface area contributed by atoms with Gasteiger partial charge in [-0.3, -0.25) is 19.9 Å². The first-order valence-corrected chi connectivity index (χ1v) is 5.54. The van der Waals surface area contributed by atoms with Crippen molar-refractivity contribution in [3.05, 3.63) is 76.1 Å². The molecule has 94 valence electrons. The molecule has 0 fully saturated rings. The van der Waals surface area contributed by atoms with Gasteiger partial charge in [0.15, 0.2) is 5.78 Å². The van der Waals surface area contributed by atoms with Crippen molar-refractivity contribution < 1.29 is 9.72 Å². The standard InChI is InChI=1S/C14H10N2O3/c17-14(12-6-8-15-9-7-12)5-4-11-2-1-3-13(10-11)16(18)19/h1-10H/b5-4-. The van der Waals surface area contributed by atoms with Crippen LogP contribution in [0, 0.1) is 10.1 Å². The summed E-state index contributed by atoms with van der Waals surface area (Å²) in [6, 6.07) is 9.32. The maximum absolute atomic E-state index is 11.8. The van der Waals surface area contributed by atoms with Crippen LogP contribution >= 0.6 is 0 Å². The molecule has 0 aliphatic heterocycles. The van der Waals surface area contributed by atoms with Crippen molar-refractivity contribution in [1.29, 1.82) is 0 Å². The highest BCUT2D eigenvalue weighted by molar-refractivity contribution is 6.06. The minimum Gasteiger partial charge on any atom is -0.289 e. The number of benzene rings is 1. The molecule has 0 spiro atoms. The van der Waals surface area contributed by atoms with Crippen LogP contribution < -0.4 is 0 Å². The van der Waals surface area contributed by atoms with Crippen molar-refractivity contribution in [1.82, 2.24) is 4.98 Å². The normalized spacial score (nSPS) is 10.5. The lowest BCUT2D eigenvalue weighted by molar-refractivity contribution is -0.384. The number of nitrogens with zero attached hydrogens (tertiary/aromatic N) is 2. The molecule has 0 saturated carbocycles. The lowest BCUT2D eigenvalue weighted by Gasteiger charge is -1.95. The Morgan fingerprint density at radius 2 is 1.95 bits per heavy atom. The first-order valence-electron chi connectivity index (χ1n) is 5.54. The summed E-state index contributed by atoms with van der Waals surface area (Å²) in [5, 5.41) is 10.6. The molecule has 0 N–H and O–H groups in total. The molecule has 0 saturated heterocycles. The van der Waals surface area contributed by atoms with Gasteiger partial charge in [0.2, 0.25) is 0 Å². The van der Waals surface area contributed by atoms with Gasteiger partial charge in [-0.1, -0.05) is 18.2 Å². The van der Waals surface area contributed by atoms with E-state index in [4.69, 9.17) is 0 Å². The van der Waals surface area contributed by atoms with E-state index < -0.39 is 4.92 Å². The van der Waals surface area contributed by atoms with Gasteiger partial charge in [0.05, 0.1) is 4.92 Å². The number of hydrogen-bond acceptors (Lipinski definition) is 4.